The minimum Gasteiger partial charge on any atom is -0.481 e. The lowest BCUT2D eigenvalue weighted by molar-refractivity contribution is -0.135. The molecule has 1 aromatic rings. The van der Waals surface area contributed by atoms with Gasteiger partial charge in [0.05, 0.1) is 0 Å². The number of carboxylic acid groups (broad SMARTS) is 1. The summed E-state index contributed by atoms with van der Waals surface area (Å²) in [6.07, 6.45) is 3.13. The van der Waals surface area contributed by atoms with Gasteiger partial charge in [-0.1, -0.05) is 0 Å². The third-order valence-electron chi connectivity index (χ3n) is 5.27. The molecule has 2 atom stereocenters. The molecule has 9 heteroatoms. The van der Waals surface area contributed by atoms with E-state index in [2.05, 4.69) is 4.98 Å². The van der Waals surface area contributed by atoms with Crippen LogP contribution in [-0.4, -0.2) is 69.4 Å². The first-order chi connectivity index (χ1) is 13.7. The van der Waals surface area contributed by atoms with E-state index in [1.807, 2.05) is 13.8 Å². The van der Waals surface area contributed by atoms with Crippen molar-refractivity contribution in [1.29, 1.82) is 0 Å². The van der Waals surface area contributed by atoms with Gasteiger partial charge in [0.1, 0.15) is 11.6 Å². The summed E-state index contributed by atoms with van der Waals surface area (Å²) in [6.45, 7) is 6.37. The summed E-state index contributed by atoms with van der Waals surface area (Å²) in [5, 5.41) is 7.42. The molecule has 1 aliphatic carbocycles. The van der Waals surface area contributed by atoms with Crippen LogP contribution in [0.15, 0.2) is 10.9 Å². The summed E-state index contributed by atoms with van der Waals surface area (Å²) >= 11 is 0. The number of nitrogens with one attached hydrogen (secondary N) is 1. The number of amides is 2. The Morgan fingerprint density at radius 1 is 1.28 bits per heavy atom. The van der Waals surface area contributed by atoms with Gasteiger partial charge in [-0.2, -0.15) is 0 Å². The summed E-state index contributed by atoms with van der Waals surface area (Å²) in [5.41, 5.74) is 7.73. The summed E-state index contributed by atoms with van der Waals surface area (Å²) in [4.78, 5) is 53.1. The van der Waals surface area contributed by atoms with Crippen molar-refractivity contribution in [3.05, 3.63) is 33.2 Å². The molecule has 1 aromatic heterocycles. The van der Waals surface area contributed by atoms with Crippen LogP contribution in [0.2, 0.25) is 0 Å². The van der Waals surface area contributed by atoms with Gasteiger partial charge in [0.2, 0.25) is 5.91 Å². The molecule has 0 saturated carbocycles. The summed E-state index contributed by atoms with van der Waals surface area (Å²) in [7, 11) is 0. The molecule has 0 spiro atoms. The number of fused-ring (bicyclic) bond motifs is 1. The Balaban J connectivity index is 0.000000687. The number of aryl methyl sites for hydroxylation is 2. The number of nitrogens with two attached hydrogens (primary N) is 1. The van der Waals surface area contributed by atoms with Gasteiger partial charge in [-0.15, -0.1) is 0 Å². The lowest BCUT2D eigenvalue weighted by Crippen LogP contribution is -2.48. The first-order valence-electron chi connectivity index (χ1n) is 9.99. The molecule has 2 aliphatic rings. The first kappa shape index (κ1) is 22.6. The van der Waals surface area contributed by atoms with Crippen LogP contribution in [-0.2, 0) is 22.4 Å². The van der Waals surface area contributed by atoms with Crippen molar-refractivity contribution in [2.75, 3.05) is 19.6 Å². The SMILES string of the molecule is CC(=O)O.CCN(CC)C(=O)[C@@H]1C[C@H](N)CN1C(=O)c1cc2c([nH]c1=O)CCC2. The van der Waals surface area contributed by atoms with Crippen LogP contribution in [0.25, 0.3) is 0 Å². The number of likely N-dealkylation sites (N-methyl/N-ethyl adjacent to an activating group) is 1. The minimum absolute atomic E-state index is 0.0936. The van der Waals surface area contributed by atoms with E-state index in [0.717, 1.165) is 37.4 Å². The fourth-order valence-corrected chi connectivity index (χ4v) is 3.90. The zero-order chi connectivity index (χ0) is 21.7. The van der Waals surface area contributed by atoms with Gasteiger partial charge in [0.15, 0.2) is 0 Å². The van der Waals surface area contributed by atoms with Crippen LogP contribution in [0, 0.1) is 0 Å². The molecule has 1 fully saturated rings. The molecule has 4 N–H and O–H groups in total. The van der Waals surface area contributed by atoms with Crippen molar-refractivity contribution >= 4 is 17.8 Å². The van der Waals surface area contributed by atoms with Crippen LogP contribution in [0.3, 0.4) is 0 Å². The summed E-state index contributed by atoms with van der Waals surface area (Å²) < 4.78 is 0. The van der Waals surface area contributed by atoms with Crippen molar-refractivity contribution < 1.29 is 19.5 Å². The molecule has 2 heterocycles. The van der Waals surface area contributed by atoms with Crippen LogP contribution >= 0.6 is 0 Å². The highest BCUT2D eigenvalue weighted by Crippen LogP contribution is 2.23. The molecule has 0 bridgehead atoms. The number of carboxylic acids is 1. The number of H-pyrrole nitrogens is 1. The Hall–Kier alpha value is -2.68. The maximum Gasteiger partial charge on any atom is 0.300 e. The van der Waals surface area contributed by atoms with Crippen molar-refractivity contribution in [3.63, 3.8) is 0 Å². The average Bonchev–Trinajstić information content (AvgIpc) is 3.26. The Morgan fingerprint density at radius 3 is 2.48 bits per heavy atom. The highest BCUT2D eigenvalue weighted by molar-refractivity contribution is 5.98. The topological polar surface area (TPSA) is 137 Å². The molecule has 160 valence electrons. The van der Waals surface area contributed by atoms with Gasteiger partial charge in [-0.05, 0) is 51.2 Å². The number of aromatic nitrogens is 1. The van der Waals surface area contributed by atoms with E-state index >= 15 is 0 Å². The molecule has 1 aliphatic heterocycles. The van der Waals surface area contributed by atoms with Crippen LogP contribution < -0.4 is 11.3 Å². The largest absolute Gasteiger partial charge is 0.481 e. The number of aromatic amines is 1. The zero-order valence-corrected chi connectivity index (χ0v) is 17.2. The number of hydrogen-bond acceptors (Lipinski definition) is 5. The Bertz CT molecular complexity index is 827. The summed E-state index contributed by atoms with van der Waals surface area (Å²) in [5.74, 6) is -1.32. The first-order valence-corrected chi connectivity index (χ1v) is 9.99. The maximum absolute atomic E-state index is 13.0. The number of rotatable bonds is 4. The number of likely N-dealkylation sites (tertiary alicyclic amines) is 1. The second kappa shape index (κ2) is 9.69. The highest BCUT2D eigenvalue weighted by Gasteiger charge is 2.40. The van der Waals surface area contributed by atoms with Gasteiger partial charge in [-0.25, -0.2) is 0 Å². The van der Waals surface area contributed by atoms with Gasteiger partial charge in [0, 0.05) is 38.3 Å². The van der Waals surface area contributed by atoms with E-state index in [0.29, 0.717) is 26.1 Å². The lowest BCUT2D eigenvalue weighted by Gasteiger charge is -2.28. The lowest BCUT2D eigenvalue weighted by atomic mass is 10.1. The molecule has 9 nitrogen and oxygen atoms in total. The quantitative estimate of drug-likeness (QED) is 0.660. The van der Waals surface area contributed by atoms with E-state index < -0.39 is 17.9 Å². The minimum atomic E-state index is -0.833. The second-order valence-corrected chi connectivity index (χ2v) is 7.37. The third kappa shape index (κ3) is 5.23. The van der Waals surface area contributed by atoms with Crippen LogP contribution in [0.1, 0.15) is 55.2 Å². The van der Waals surface area contributed by atoms with Crippen molar-refractivity contribution in [2.24, 2.45) is 5.73 Å². The van der Waals surface area contributed by atoms with E-state index in [-0.39, 0.29) is 23.1 Å². The van der Waals surface area contributed by atoms with E-state index in [9.17, 15) is 14.4 Å². The molecule has 2 amide bonds. The molecule has 0 aromatic carbocycles. The van der Waals surface area contributed by atoms with Gasteiger partial charge in [0.25, 0.3) is 17.4 Å². The van der Waals surface area contributed by atoms with Crippen LogP contribution in [0.5, 0.6) is 0 Å². The Morgan fingerprint density at radius 2 is 1.90 bits per heavy atom. The molecule has 0 radical (unpaired) electrons. The van der Waals surface area contributed by atoms with Crippen molar-refractivity contribution in [1.82, 2.24) is 14.8 Å². The highest BCUT2D eigenvalue weighted by atomic mass is 16.4. The maximum atomic E-state index is 13.0. The van der Waals surface area contributed by atoms with Crippen LogP contribution in [0.4, 0.5) is 0 Å². The predicted molar refractivity (Wildman–Crippen MR) is 108 cm³/mol. The number of hydrogen-bond donors (Lipinski definition) is 3. The number of nitrogens with zero attached hydrogens (tertiary/aromatic N) is 2. The molecular weight excluding hydrogens is 376 g/mol. The fourth-order valence-electron chi connectivity index (χ4n) is 3.90. The monoisotopic (exact) mass is 406 g/mol. The smallest absolute Gasteiger partial charge is 0.300 e. The number of aliphatic carboxylic acids is 1. The van der Waals surface area contributed by atoms with E-state index in [4.69, 9.17) is 15.6 Å². The molecule has 3 rings (SSSR count). The van der Waals surface area contributed by atoms with Crippen molar-refractivity contribution in [2.45, 2.75) is 58.5 Å². The molecule has 1 saturated heterocycles. The van der Waals surface area contributed by atoms with Gasteiger partial charge in [-0.3, -0.25) is 19.2 Å². The van der Waals surface area contributed by atoms with Gasteiger partial charge < -0.3 is 25.6 Å². The predicted octanol–water partition coefficient (Wildman–Crippen LogP) is 0.365. The summed E-state index contributed by atoms with van der Waals surface area (Å²) in [6, 6.07) is 0.865. The third-order valence-corrected chi connectivity index (χ3v) is 5.27. The van der Waals surface area contributed by atoms with E-state index in [1.54, 1.807) is 11.0 Å². The van der Waals surface area contributed by atoms with Gasteiger partial charge >= 0.3 is 0 Å². The Kier molecular flexibility index (Phi) is 7.55. The standard InChI is InChI=1S/C18H26N4O3.C2H4O2/c1-3-21(4-2)18(25)15-9-12(19)10-22(15)17(24)13-8-11-6-5-7-14(11)20-16(13)23;1-2(3)4/h8,12,15H,3-7,9-10,19H2,1-2H3,(H,20,23);1H3,(H,3,4)/t12-,15-;/m0./s1. The molecular formula is C20H30N4O5. The zero-order valence-electron chi connectivity index (χ0n) is 17.2. The normalized spacial score (nSPS) is 19.9. The average molecular weight is 406 g/mol. The number of pyridine rings is 1. The number of carbonyl (C=O) groups is 3. The second-order valence-electron chi connectivity index (χ2n) is 7.37. The number of carbonyl (C=O) groups excluding carboxylic acids is 2. The van der Waals surface area contributed by atoms with E-state index in [1.165, 1.54) is 4.90 Å². The van der Waals surface area contributed by atoms with Crippen molar-refractivity contribution in [3.8, 4) is 0 Å². The Labute approximate surface area is 169 Å². The molecule has 0 unspecified atom stereocenters. The fraction of sp³-hybridized carbons (Fsp3) is 0.600. The molecule has 29 heavy (non-hydrogen) atoms.